The van der Waals surface area contributed by atoms with Crippen molar-refractivity contribution in [1.29, 1.82) is 0 Å². The van der Waals surface area contributed by atoms with Crippen molar-refractivity contribution in [2.75, 3.05) is 18.5 Å². The van der Waals surface area contributed by atoms with Gasteiger partial charge in [0.1, 0.15) is 43.0 Å². The average Bonchev–Trinajstić information content (AvgIpc) is 3.67. The number of nitrogens with one attached hydrogen (secondary N) is 4. The number of aliphatic carboxylic acids is 2. The van der Waals surface area contributed by atoms with Crippen LogP contribution in [0.4, 0.5) is 5.95 Å². The first-order valence-corrected chi connectivity index (χ1v) is 16.0. The summed E-state index contributed by atoms with van der Waals surface area (Å²) < 4.78 is 17.2. The van der Waals surface area contributed by atoms with Crippen molar-refractivity contribution in [1.82, 2.24) is 30.7 Å². The van der Waals surface area contributed by atoms with Gasteiger partial charge in [0, 0.05) is 20.3 Å². The van der Waals surface area contributed by atoms with E-state index in [4.69, 9.17) is 19.9 Å². The van der Waals surface area contributed by atoms with Gasteiger partial charge in [0.15, 0.2) is 18.3 Å². The number of carbonyl (C=O) groups is 5. The predicted molar refractivity (Wildman–Crippen MR) is 171 cm³/mol. The predicted octanol–water partition coefficient (Wildman–Crippen LogP) is -7.88. The molecule has 2 fully saturated rings. The van der Waals surface area contributed by atoms with Crippen LogP contribution in [0.1, 0.15) is 26.5 Å². The fraction of sp³-hybridized carbons (Fsp3) is 0.643. The van der Waals surface area contributed by atoms with Gasteiger partial charge in [-0.3, -0.25) is 19.7 Å². The Morgan fingerprint density at radius 1 is 1.06 bits per heavy atom. The largest absolute Gasteiger partial charge is 0.478 e. The minimum absolute atomic E-state index is 0.481. The number of aliphatic hydroxyl groups is 7. The molecule has 1 aromatic rings. The Labute approximate surface area is 303 Å². The van der Waals surface area contributed by atoms with Crippen molar-refractivity contribution >= 4 is 41.6 Å². The van der Waals surface area contributed by atoms with E-state index in [1.807, 2.05) is 0 Å². The van der Waals surface area contributed by atoms with Gasteiger partial charge in [-0.15, -0.1) is 5.10 Å². The highest BCUT2D eigenvalue weighted by molar-refractivity contribution is 5.95. The number of ether oxygens (including phenoxy) is 3. The van der Waals surface area contributed by atoms with E-state index in [-0.39, 0.29) is 0 Å². The molecule has 26 nitrogen and oxygen atoms in total. The van der Waals surface area contributed by atoms with Gasteiger partial charge >= 0.3 is 11.9 Å². The maximum Gasteiger partial charge on any atom is 0.370 e. The monoisotopic (exact) mass is 775 g/mol. The number of carboxylic acids is 2. The summed E-state index contributed by atoms with van der Waals surface area (Å²) in [6, 6.07) is -4.67. The van der Waals surface area contributed by atoms with Crippen molar-refractivity contribution in [3.05, 3.63) is 18.2 Å². The maximum atomic E-state index is 13.6. The molecule has 3 aliphatic rings. The Morgan fingerprint density at radius 2 is 1.70 bits per heavy atom. The van der Waals surface area contributed by atoms with Crippen LogP contribution in [-0.4, -0.2) is 182 Å². The molecule has 3 amide bonds. The van der Waals surface area contributed by atoms with Gasteiger partial charge in [-0.1, -0.05) is 0 Å². The molecule has 0 aliphatic carbocycles. The zero-order valence-electron chi connectivity index (χ0n) is 28.4. The Kier molecular flexibility index (Phi) is 13.1. The smallest absolute Gasteiger partial charge is 0.370 e. The summed E-state index contributed by atoms with van der Waals surface area (Å²) in [5, 5.41) is 104. The van der Waals surface area contributed by atoms with Crippen LogP contribution in [0.15, 0.2) is 23.2 Å². The van der Waals surface area contributed by atoms with Crippen LogP contribution in [0.5, 0.6) is 0 Å². The molecule has 1 aromatic heterocycles. The highest BCUT2D eigenvalue weighted by atomic mass is 16.6. The van der Waals surface area contributed by atoms with Crippen molar-refractivity contribution < 1.29 is 84.1 Å². The van der Waals surface area contributed by atoms with E-state index < -0.39 is 146 Å². The van der Waals surface area contributed by atoms with Gasteiger partial charge in [-0.25, -0.2) is 24.2 Å². The number of amides is 3. The Hall–Kier alpha value is -5.06. The first-order valence-electron chi connectivity index (χ1n) is 16.0. The molecule has 4 heterocycles. The molecule has 0 aromatic carbocycles. The lowest BCUT2D eigenvalue weighted by Gasteiger charge is -2.44. The van der Waals surface area contributed by atoms with Crippen LogP contribution < -0.4 is 27.0 Å². The van der Waals surface area contributed by atoms with Crippen LogP contribution >= 0.6 is 0 Å². The van der Waals surface area contributed by atoms with Gasteiger partial charge in [-0.05, 0) is 6.08 Å². The fourth-order valence-electron chi connectivity index (χ4n) is 5.95. The molecule has 11 unspecified atom stereocenters. The normalized spacial score (nSPS) is 33.7. The number of hydrogen-bond acceptors (Lipinski definition) is 18. The van der Waals surface area contributed by atoms with Crippen LogP contribution in [0.3, 0.4) is 0 Å². The van der Waals surface area contributed by atoms with Crippen molar-refractivity contribution in [2.24, 2.45) is 10.7 Å². The molecule has 0 saturated carbocycles. The molecule has 0 spiro atoms. The zero-order chi connectivity index (χ0) is 40.2. The molecule has 4 rings (SSSR count). The second kappa shape index (κ2) is 17.0. The number of hydrogen-bond donors (Lipinski definition) is 14. The number of nitrogens with zero attached hydrogens (tertiary/aromatic N) is 4. The topological polar surface area (TPSA) is 412 Å². The SMILES string of the molecule is CC(=O)NC1C(O)CC(NC(N)=NC2C=C(C(=O)O)OC(C(O)C(O)CO)C2NC(C)=O)(C(=O)O)OC1C(=O)Nc1ncn([C@@H]2O[C@H](CO)C(O)C2O)n1. The third kappa shape index (κ3) is 9.00. The quantitative estimate of drug-likeness (QED) is 0.0653. The standard InChI is InChI=1S/C28H41N9O17/c1-8(40)31-15-10(3-13(24(48)49)52-20(15)17(44)12(43)5-38)33-26(29)35-28(25(50)51)4-11(42)16(32-9(2)41)21(54-28)22(47)34-27-30-7-37(36-27)23-19(46)18(45)14(6-39)53-23/h3,7,10-12,14-21,23,38-39,42-46H,4-6H2,1-2H3,(H,31,40)(H,32,41)(H,48,49)(H,50,51)(H3,29,33,35)(H,34,36,47)/t10?,11?,12?,14-,15?,16?,17?,18?,19?,20?,21?,23-,28?/m1/s1. The molecule has 0 radical (unpaired) electrons. The summed E-state index contributed by atoms with van der Waals surface area (Å²) in [5.74, 6) is -8.48. The van der Waals surface area contributed by atoms with E-state index in [0.29, 0.717) is 0 Å². The molecule has 13 atom stereocenters. The lowest BCUT2D eigenvalue weighted by molar-refractivity contribution is -0.207. The highest BCUT2D eigenvalue weighted by Crippen LogP contribution is 2.31. The fourth-order valence-corrected chi connectivity index (χ4v) is 5.95. The zero-order valence-corrected chi connectivity index (χ0v) is 28.4. The number of aliphatic hydroxyl groups excluding tert-OH is 7. The summed E-state index contributed by atoms with van der Waals surface area (Å²) in [6.07, 6.45) is -14.2. The summed E-state index contributed by atoms with van der Waals surface area (Å²) >= 11 is 0. The lowest BCUT2D eigenvalue weighted by Crippen LogP contribution is -2.71. The minimum atomic E-state index is -2.81. The Morgan fingerprint density at radius 3 is 2.26 bits per heavy atom. The summed E-state index contributed by atoms with van der Waals surface area (Å²) in [6.45, 7) is 0.436. The van der Waals surface area contributed by atoms with Gasteiger partial charge in [-0.2, -0.15) is 0 Å². The highest BCUT2D eigenvalue weighted by Gasteiger charge is 2.55. The van der Waals surface area contributed by atoms with E-state index in [1.165, 1.54) is 0 Å². The molecular weight excluding hydrogens is 734 g/mol. The molecule has 15 N–H and O–H groups in total. The lowest BCUT2D eigenvalue weighted by atomic mass is 9.90. The van der Waals surface area contributed by atoms with Crippen LogP contribution in [-0.2, 0) is 38.2 Å². The van der Waals surface area contributed by atoms with Gasteiger partial charge in [0.25, 0.3) is 5.91 Å². The molecule has 54 heavy (non-hydrogen) atoms. The molecule has 3 aliphatic heterocycles. The minimum Gasteiger partial charge on any atom is -0.478 e. The number of rotatable bonds is 13. The number of nitrogens with two attached hydrogens (primary N) is 1. The summed E-state index contributed by atoms with van der Waals surface area (Å²) in [5.41, 5.74) is 3.25. The van der Waals surface area contributed by atoms with Gasteiger partial charge in [0.05, 0.1) is 37.4 Å². The summed E-state index contributed by atoms with van der Waals surface area (Å²) in [7, 11) is 0. The Bertz CT molecular complexity index is 1640. The van der Waals surface area contributed by atoms with E-state index in [9.17, 15) is 69.9 Å². The number of carbonyl (C=O) groups excluding carboxylic acids is 3. The number of carboxylic acid groups (broad SMARTS) is 2. The number of aliphatic imine (C=N–C) groups is 1. The number of anilines is 1. The first-order chi connectivity index (χ1) is 25.3. The molecular formula is C28H41N9O17. The summed E-state index contributed by atoms with van der Waals surface area (Å²) in [4.78, 5) is 70.2. The third-order valence-corrected chi connectivity index (χ3v) is 8.48. The van der Waals surface area contributed by atoms with Crippen LogP contribution in [0, 0.1) is 0 Å². The first kappa shape index (κ1) is 41.7. The van der Waals surface area contributed by atoms with E-state index in [2.05, 4.69) is 36.3 Å². The van der Waals surface area contributed by atoms with Crippen molar-refractivity contribution in [3.8, 4) is 0 Å². The van der Waals surface area contributed by atoms with Gasteiger partial charge < -0.3 is 81.9 Å². The molecule has 2 saturated heterocycles. The Balaban J connectivity index is 1.65. The number of aromatic nitrogens is 3. The van der Waals surface area contributed by atoms with Crippen molar-refractivity contribution in [2.45, 2.75) is 99.2 Å². The van der Waals surface area contributed by atoms with Crippen LogP contribution in [0.2, 0.25) is 0 Å². The van der Waals surface area contributed by atoms with E-state index >= 15 is 0 Å². The van der Waals surface area contributed by atoms with Gasteiger partial charge in [0.2, 0.25) is 29.2 Å². The van der Waals surface area contributed by atoms with E-state index in [1.54, 1.807) is 0 Å². The van der Waals surface area contributed by atoms with E-state index in [0.717, 1.165) is 30.9 Å². The average molecular weight is 776 g/mol. The van der Waals surface area contributed by atoms with Crippen molar-refractivity contribution in [3.63, 3.8) is 0 Å². The van der Waals surface area contributed by atoms with Crippen LogP contribution in [0.25, 0.3) is 0 Å². The number of guanidine groups is 1. The molecule has 300 valence electrons. The molecule has 26 heteroatoms. The maximum absolute atomic E-state index is 13.6. The second-order valence-corrected chi connectivity index (χ2v) is 12.4. The molecule has 0 bridgehead atoms. The second-order valence-electron chi connectivity index (χ2n) is 12.4. The third-order valence-electron chi connectivity index (χ3n) is 8.48.